The van der Waals surface area contributed by atoms with E-state index in [2.05, 4.69) is 0 Å². The van der Waals surface area contributed by atoms with Gasteiger partial charge < -0.3 is 9.47 Å². The number of rotatable bonds is 3. The fourth-order valence-electron chi connectivity index (χ4n) is 1.71. The molecule has 1 aliphatic rings. The zero-order chi connectivity index (χ0) is 11.5. The highest BCUT2D eigenvalue weighted by atomic mass is 16.6. The van der Waals surface area contributed by atoms with Crippen molar-refractivity contribution in [1.29, 1.82) is 0 Å². The summed E-state index contributed by atoms with van der Waals surface area (Å²) >= 11 is 0. The van der Waals surface area contributed by atoms with E-state index in [0.717, 1.165) is 11.8 Å². The van der Waals surface area contributed by atoms with Crippen LogP contribution in [0.25, 0.3) is 0 Å². The van der Waals surface area contributed by atoms with E-state index >= 15 is 0 Å². The van der Waals surface area contributed by atoms with E-state index in [-0.39, 0.29) is 5.78 Å². The second-order valence-corrected chi connectivity index (χ2v) is 3.67. The molecule has 0 aromatic heterocycles. The zero-order valence-corrected chi connectivity index (χ0v) is 8.99. The van der Waals surface area contributed by atoms with Crippen molar-refractivity contribution in [3.8, 4) is 11.5 Å². The van der Waals surface area contributed by atoms with Gasteiger partial charge in [0.05, 0.1) is 5.56 Å². The number of carbonyl (C=O) groups is 2. The van der Waals surface area contributed by atoms with Gasteiger partial charge in [-0.2, -0.15) is 0 Å². The first-order valence-electron chi connectivity index (χ1n) is 5.08. The molecule has 4 nitrogen and oxygen atoms in total. The Morgan fingerprint density at radius 2 is 2.00 bits per heavy atom. The minimum absolute atomic E-state index is 0.0511. The first kappa shape index (κ1) is 10.7. The topological polar surface area (TPSA) is 52.6 Å². The van der Waals surface area contributed by atoms with Gasteiger partial charge in [-0.1, -0.05) is 6.07 Å². The van der Waals surface area contributed by atoms with Crippen LogP contribution in [0.4, 0.5) is 0 Å². The molecule has 1 aromatic carbocycles. The molecule has 4 heteroatoms. The van der Waals surface area contributed by atoms with Crippen molar-refractivity contribution in [1.82, 2.24) is 0 Å². The lowest BCUT2D eigenvalue weighted by Gasteiger charge is -2.22. The number of hydrogen-bond acceptors (Lipinski definition) is 4. The molecule has 0 bridgehead atoms. The number of carbonyl (C=O) groups excluding carboxylic acids is 2. The summed E-state index contributed by atoms with van der Waals surface area (Å²) in [6, 6.07) is 3.39. The number of hydrogen-bond donors (Lipinski definition) is 0. The Morgan fingerprint density at radius 3 is 2.62 bits per heavy atom. The summed E-state index contributed by atoms with van der Waals surface area (Å²) in [6.07, 6.45) is 1.02. The highest BCUT2D eigenvalue weighted by Crippen LogP contribution is 2.36. The summed E-state index contributed by atoms with van der Waals surface area (Å²) in [5.74, 6) is 1.04. The monoisotopic (exact) mass is 220 g/mol. The molecular formula is C12H12O4. The summed E-state index contributed by atoms with van der Waals surface area (Å²) in [4.78, 5) is 21.9. The van der Waals surface area contributed by atoms with Crippen molar-refractivity contribution in [3.05, 3.63) is 23.3 Å². The van der Waals surface area contributed by atoms with E-state index in [1.54, 1.807) is 12.1 Å². The highest BCUT2D eigenvalue weighted by molar-refractivity contribution is 5.84. The maximum absolute atomic E-state index is 11.1. The second-order valence-electron chi connectivity index (χ2n) is 3.67. The van der Waals surface area contributed by atoms with Crippen molar-refractivity contribution in [2.75, 3.05) is 13.2 Å². The molecule has 1 aliphatic heterocycles. The number of aldehydes is 1. The molecule has 0 unspecified atom stereocenters. The number of ether oxygens (including phenoxy) is 2. The van der Waals surface area contributed by atoms with Crippen LogP contribution >= 0.6 is 0 Å². The van der Waals surface area contributed by atoms with Gasteiger partial charge in [0, 0.05) is 12.0 Å². The first-order valence-corrected chi connectivity index (χ1v) is 5.08. The van der Waals surface area contributed by atoms with Gasteiger partial charge >= 0.3 is 0 Å². The molecule has 0 saturated carbocycles. The van der Waals surface area contributed by atoms with Crippen molar-refractivity contribution in [2.24, 2.45) is 0 Å². The highest BCUT2D eigenvalue weighted by Gasteiger charge is 2.20. The van der Waals surface area contributed by atoms with Gasteiger partial charge in [0.25, 0.3) is 0 Å². The van der Waals surface area contributed by atoms with Gasteiger partial charge in [-0.05, 0) is 13.0 Å². The molecule has 0 N–H and O–H groups in total. The normalized spacial score (nSPS) is 13.3. The minimum atomic E-state index is 0.0511. The van der Waals surface area contributed by atoms with Gasteiger partial charge in [0.15, 0.2) is 17.8 Å². The van der Waals surface area contributed by atoms with Crippen LogP contribution in [0.2, 0.25) is 0 Å². The first-order chi connectivity index (χ1) is 7.72. The number of benzene rings is 1. The number of fused-ring (bicyclic) bond motifs is 1. The predicted octanol–water partition coefficient (Wildman–Crippen LogP) is 1.40. The quantitative estimate of drug-likeness (QED) is 0.722. The summed E-state index contributed by atoms with van der Waals surface area (Å²) in [5.41, 5.74) is 1.23. The SMILES string of the molecule is CC(=O)Cc1ccc(C=O)c2c1OCCO2. The van der Waals surface area contributed by atoms with E-state index in [1.165, 1.54) is 6.92 Å². The Balaban J connectivity index is 2.47. The van der Waals surface area contributed by atoms with E-state index < -0.39 is 0 Å². The van der Waals surface area contributed by atoms with E-state index in [0.29, 0.717) is 36.7 Å². The Kier molecular flexibility index (Phi) is 2.90. The summed E-state index contributed by atoms with van der Waals surface area (Å²) in [6.45, 7) is 2.39. The molecule has 0 radical (unpaired) electrons. The summed E-state index contributed by atoms with van der Waals surface area (Å²) in [7, 11) is 0. The fraction of sp³-hybridized carbons (Fsp3) is 0.333. The number of ketones is 1. The van der Waals surface area contributed by atoms with Crippen LogP contribution in [0.15, 0.2) is 12.1 Å². The lowest BCUT2D eigenvalue weighted by molar-refractivity contribution is -0.116. The molecule has 0 saturated heterocycles. The molecule has 0 fully saturated rings. The smallest absolute Gasteiger partial charge is 0.172 e. The maximum atomic E-state index is 11.1. The van der Waals surface area contributed by atoms with Crippen molar-refractivity contribution >= 4 is 12.1 Å². The molecule has 0 aliphatic carbocycles. The lowest BCUT2D eigenvalue weighted by atomic mass is 10.0. The standard InChI is InChI=1S/C12H12O4/c1-8(14)6-9-2-3-10(7-13)12-11(9)15-4-5-16-12/h2-3,7H,4-6H2,1H3. The van der Waals surface area contributed by atoms with Crippen molar-refractivity contribution in [2.45, 2.75) is 13.3 Å². The Morgan fingerprint density at radius 1 is 1.31 bits per heavy atom. The third-order valence-electron chi connectivity index (χ3n) is 2.37. The average Bonchev–Trinajstić information content (AvgIpc) is 2.29. The van der Waals surface area contributed by atoms with Crippen molar-refractivity contribution < 1.29 is 19.1 Å². The van der Waals surface area contributed by atoms with Gasteiger partial charge in [-0.15, -0.1) is 0 Å². The predicted molar refractivity (Wildman–Crippen MR) is 57.2 cm³/mol. The Bertz CT molecular complexity index is 437. The third kappa shape index (κ3) is 1.91. The fourth-order valence-corrected chi connectivity index (χ4v) is 1.71. The van der Waals surface area contributed by atoms with E-state index in [4.69, 9.17) is 9.47 Å². The molecule has 16 heavy (non-hydrogen) atoms. The van der Waals surface area contributed by atoms with Crippen molar-refractivity contribution in [3.63, 3.8) is 0 Å². The summed E-state index contributed by atoms with van der Waals surface area (Å²) < 4.78 is 10.9. The van der Waals surface area contributed by atoms with Crippen LogP contribution in [0, 0.1) is 0 Å². The van der Waals surface area contributed by atoms with Crippen LogP contribution < -0.4 is 9.47 Å². The van der Waals surface area contributed by atoms with Crippen LogP contribution in [0.1, 0.15) is 22.8 Å². The molecule has 84 valence electrons. The third-order valence-corrected chi connectivity index (χ3v) is 2.37. The lowest BCUT2D eigenvalue weighted by Crippen LogP contribution is -2.18. The molecule has 2 rings (SSSR count). The average molecular weight is 220 g/mol. The molecule has 0 spiro atoms. The van der Waals surface area contributed by atoms with E-state index in [9.17, 15) is 9.59 Å². The molecular weight excluding hydrogens is 208 g/mol. The zero-order valence-electron chi connectivity index (χ0n) is 8.99. The van der Waals surface area contributed by atoms with Gasteiger partial charge in [-0.25, -0.2) is 0 Å². The molecule has 1 heterocycles. The molecule has 0 amide bonds. The van der Waals surface area contributed by atoms with E-state index in [1.807, 2.05) is 0 Å². The summed E-state index contributed by atoms with van der Waals surface area (Å²) in [5, 5.41) is 0. The van der Waals surface area contributed by atoms with Gasteiger partial charge in [0.1, 0.15) is 19.0 Å². The Hall–Kier alpha value is -1.84. The maximum Gasteiger partial charge on any atom is 0.172 e. The van der Waals surface area contributed by atoms with Gasteiger partial charge in [0.2, 0.25) is 0 Å². The number of Topliss-reactive ketones (excluding diaryl/α,β-unsaturated/α-hetero) is 1. The van der Waals surface area contributed by atoms with Crippen LogP contribution in [0.3, 0.4) is 0 Å². The van der Waals surface area contributed by atoms with Crippen LogP contribution in [0.5, 0.6) is 11.5 Å². The molecule has 0 atom stereocenters. The van der Waals surface area contributed by atoms with Crippen LogP contribution in [-0.2, 0) is 11.2 Å². The largest absolute Gasteiger partial charge is 0.486 e. The van der Waals surface area contributed by atoms with Gasteiger partial charge in [-0.3, -0.25) is 9.59 Å². The minimum Gasteiger partial charge on any atom is -0.486 e. The second kappa shape index (κ2) is 4.35. The Labute approximate surface area is 93.2 Å². The molecule has 1 aromatic rings. The van der Waals surface area contributed by atoms with Crippen LogP contribution in [-0.4, -0.2) is 25.3 Å².